The minimum atomic E-state index is -1.15. The number of halogens is 1. The molecule has 1 fully saturated rings. The molecule has 7 nitrogen and oxygen atoms in total. The summed E-state index contributed by atoms with van der Waals surface area (Å²) in [7, 11) is -1.15. The first-order chi connectivity index (χ1) is 14.5. The van der Waals surface area contributed by atoms with Gasteiger partial charge in [0.15, 0.2) is 0 Å². The van der Waals surface area contributed by atoms with E-state index in [-0.39, 0.29) is 12.1 Å². The lowest BCUT2D eigenvalue weighted by molar-refractivity contribution is 0.143. The zero-order chi connectivity index (χ0) is 21.1. The monoisotopic (exact) mass is 449 g/mol. The summed E-state index contributed by atoms with van der Waals surface area (Å²) in [6.07, 6.45) is 11.5. The van der Waals surface area contributed by atoms with Crippen LogP contribution in [-0.2, 0) is 23.6 Å². The quantitative estimate of drug-likeness (QED) is 0.640. The molecule has 2 aliphatic rings. The van der Waals surface area contributed by atoms with E-state index in [9.17, 15) is 9.32 Å². The number of aromatic nitrogens is 3. The molecule has 3 heterocycles. The zero-order valence-corrected chi connectivity index (χ0v) is 18.8. The Labute approximate surface area is 184 Å². The summed E-state index contributed by atoms with van der Waals surface area (Å²) in [6.45, 7) is 1.86. The van der Waals surface area contributed by atoms with Gasteiger partial charge in [0.25, 0.3) is 0 Å². The molecule has 30 heavy (non-hydrogen) atoms. The zero-order valence-electron chi connectivity index (χ0n) is 17.2. The van der Waals surface area contributed by atoms with Gasteiger partial charge in [0.2, 0.25) is 0 Å². The molecule has 0 unspecified atom stereocenters. The van der Waals surface area contributed by atoms with Crippen LogP contribution in [0.5, 0.6) is 0 Å². The number of aliphatic hydroxyl groups excluding tert-OH is 1. The van der Waals surface area contributed by atoms with Gasteiger partial charge in [0, 0.05) is 38.2 Å². The van der Waals surface area contributed by atoms with Gasteiger partial charge >= 0.3 is 0 Å². The van der Waals surface area contributed by atoms with Crippen LogP contribution < -0.4 is 10.2 Å². The van der Waals surface area contributed by atoms with Gasteiger partial charge in [-0.15, -0.1) is 0 Å². The average molecular weight is 450 g/mol. The molecule has 162 valence electrons. The van der Waals surface area contributed by atoms with Crippen molar-refractivity contribution in [3.63, 3.8) is 0 Å². The first-order valence-electron chi connectivity index (χ1n) is 10.5. The van der Waals surface area contributed by atoms with Crippen LogP contribution in [0.25, 0.3) is 0 Å². The Bertz CT molecular complexity index is 915. The summed E-state index contributed by atoms with van der Waals surface area (Å²) in [5, 5.41) is 13.8. The second-order valence-corrected chi connectivity index (χ2v) is 9.99. The third-order valence-electron chi connectivity index (χ3n) is 6.03. The molecule has 9 heteroatoms. The highest BCUT2D eigenvalue weighted by Crippen LogP contribution is 2.38. The lowest BCUT2D eigenvalue weighted by Gasteiger charge is -2.42. The Morgan fingerprint density at radius 3 is 2.70 bits per heavy atom. The van der Waals surface area contributed by atoms with Crippen molar-refractivity contribution in [2.45, 2.75) is 55.4 Å². The van der Waals surface area contributed by atoms with Crippen molar-refractivity contribution < 1.29 is 9.32 Å². The molecular weight excluding hydrogens is 422 g/mol. The topological polar surface area (TPSA) is 91.2 Å². The molecule has 0 aromatic carbocycles. The number of anilines is 2. The van der Waals surface area contributed by atoms with Crippen LogP contribution in [0.2, 0.25) is 5.02 Å². The van der Waals surface area contributed by atoms with Crippen LogP contribution >= 0.6 is 11.6 Å². The van der Waals surface area contributed by atoms with E-state index < -0.39 is 10.8 Å². The number of aliphatic hydroxyl groups is 1. The van der Waals surface area contributed by atoms with E-state index in [1.54, 1.807) is 18.6 Å². The average Bonchev–Trinajstić information content (AvgIpc) is 2.71. The lowest BCUT2D eigenvalue weighted by atomic mass is 9.77. The normalized spacial score (nSPS) is 18.4. The van der Waals surface area contributed by atoms with E-state index in [0.29, 0.717) is 10.8 Å². The van der Waals surface area contributed by atoms with Crippen molar-refractivity contribution >= 4 is 34.0 Å². The first-order valence-corrected chi connectivity index (χ1v) is 12.4. The molecule has 0 spiro atoms. The third-order valence-corrected chi connectivity index (χ3v) is 7.15. The summed E-state index contributed by atoms with van der Waals surface area (Å²) in [5.41, 5.74) is 0.812. The van der Waals surface area contributed by atoms with E-state index in [1.165, 1.54) is 0 Å². The third kappa shape index (κ3) is 4.60. The first kappa shape index (κ1) is 21.5. The number of nitrogens with one attached hydrogen (secondary N) is 1. The highest BCUT2D eigenvalue weighted by Gasteiger charge is 2.37. The number of hydrogen-bond donors (Lipinski definition) is 2. The van der Waals surface area contributed by atoms with E-state index in [1.807, 2.05) is 6.07 Å². The van der Waals surface area contributed by atoms with Gasteiger partial charge in [-0.3, -0.25) is 4.21 Å². The number of hydrogen-bond acceptors (Lipinski definition) is 7. The van der Waals surface area contributed by atoms with E-state index in [4.69, 9.17) is 16.6 Å². The summed E-state index contributed by atoms with van der Waals surface area (Å²) in [5.74, 6) is 2.40. The van der Waals surface area contributed by atoms with Gasteiger partial charge < -0.3 is 15.3 Å². The number of aryl methyl sites for hydroxylation is 2. The number of nitrogens with zero attached hydrogens (tertiary/aromatic N) is 4. The molecule has 0 radical (unpaired) electrons. The Morgan fingerprint density at radius 2 is 2.07 bits per heavy atom. The van der Waals surface area contributed by atoms with Crippen LogP contribution in [0.4, 0.5) is 11.6 Å². The Morgan fingerprint density at radius 1 is 1.30 bits per heavy atom. The Balaban J connectivity index is 1.53. The SMILES string of the molecule is C[S@](=O)c1cc2c(nc1NC1(CO)CCC1)N(CCCc1ncc(Cl)cn1)CCC2. The molecule has 2 N–H and O–H groups in total. The van der Waals surface area contributed by atoms with Crippen molar-refractivity contribution in [2.24, 2.45) is 0 Å². The fourth-order valence-corrected chi connectivity index (χ4v) is 4.92. The van der Waals surface area contributed by atoms with Crippen LogP contribution in [0.3, 0.4) is 0 Å². The van der Waals surface area contributed by atoms with Gasteiger partial charge in [-0.25, -0.2) is 15.0 Å². The maximum Gasteiger partial charge on any atom is 0.145 e. The van der Waals surface area contributed by atoms with Gasteiger partial charge in [0.1, 0.15) is 17.5 Å². The fraction of sp³-hybridized carbons (Fsp3) is 0.571. The second-order valence-electron chi connectivity index (χ2n) is 8.20. The van der Waals surface area contributed by atoms with E-state index in [2.05, 4.69) is 20.2 Å². The van der Waals surface area contributed by atoms with Crippen molar-refractivity contribution in [2.75, 3.05) is 36.2 Å². The predicted octanol–water partition coefficient (Wildman–Crippen LogP) is 2.97. The van der Waals surface area contributed by atoms with Gasteiger partial charge in [-0.2, -0.15) is 0 Å². The van der Waals surface area contributed by atoms with Crippen molar-refractivity contribution in [1.29, 1.82) is 0 Å². The highest BCUT2D eigenvalue weighted by molar-refractivity contribution is 7.84. The Kier molecular flexibility index (Phi) is 6.55. The molecule has 1 atom stereocenters. The fourth-order valence-electron chi connectivity index (χ4n) is 4.15. The highest BCUT2D eigenvalue weighted by atomic mass is 35.5. The van der Waals surface area contributed by atoms with Gasteiger partial charge in [-0.1, -0.05) is 11.6 Å². The van der Waals surface area contributed by atoms with Gasteiger partial charge in [-0.05, 0) is 50.2 Å². The molecule has 0 saturated heterocycles. The molecule has 1 aliphatic heterocycles. The summed E-state index contributed by atoms with van der Waals surface area (Å²) >= 11 is 5.86. The number of pyridine rings is 1. The molecule has 1 saturated carbocycles. The number of rotatable bonds is 8. The van der Waals surface area contributed by atoms with Crippen LogP contribution in [0, 0.1) is 0 Å². The van der Waals surface area contributed by atoms with E-state index in [0.717, 1.165) is 80.1 Å². The molecule has 2 aromatic rings. The standard InChI is InChI=1S/C21H28ClN5O2S/c1-30(29)17-11-15-5-2-9-27(10-3-6-18-23-12-16(22)13-24-18)20(15)25-19(17)26-21(14-28)7-4-8-21/h11-13,28H,2-10,14H2,1H3,(H,25,26)/t30-/m0/s1. The van der Waals surface area contributed by atoms with Crippen LogP contribution in [-0.4, -0.2) is 55.8 Å². The van der Waals surface area contributed by atoms with E-state index >= 15 is 0 Å². The minimum absolute atomic E-state index is 0.0619. The van der Waals surface area contributed by atoms with Crippen molar-refractivity contribution in [3.8, 4) is 0 Å². The van der Waals surface area contributed by atoms with Crippen molar-refractivity contribution in [3.05, 3.63) is 34.9 Å². The molecule has 1 aliphatic carbocycles. The van der Waals surface area contributed by atoms with Gasteiger partial charge in [0.05, 0.1) is 32.9 Å². The maximum atomic E-state index is 12.4. The van der Waals surface area contributed by atoms with Crippen molar-refractivity contribution in [1.82, 2.24) is 15.0 Å². The maximum absolute atomic E-state index is 12.4. The Hall–Kier alpha value is -1.77. The van der Waals surface area contributed by atoms with Crippen LogP contribution in [0.15, 0.2) is 23.4 Å². The summed E-state index contributed by atoms with van der Waals surface area (Å²) in [6, 6.07) is 2.04. The largest absolute Gasteiger partial charge is 0.394 e. The van der Waals surface area contributed by atoms with Crippen LogP contribution in [0.1, 0.15) is 43.5 Å². The molecule has 2 aromatic heterocycles. The minimum Gasteiger partial charge on any atom is -0.394 e. The molecule has 4 rings (SSSR count). The summed E-state index contributed by atoms with van der Waals surface area (Å²) < 4.78 is 12.4. The molecule has 0 amide bonds. The molecule has 0 bridgehead atoms. The predicted molar refractivity (Wildman–Crippen MR) is 120 cm³/mol. The second kappa shape index (κ2) is 9.16. The lowest BCUT2D eigenvalue weighted by Crippen LogP contribution is -2.48. The smallest absolute Gasteiger partial charge is 0.145 e. The summed E-state index contributed by atoms with van der Waals surface area (Å²) in [4.78, 5) is 16.5. The molecular formula is C21H28ClN5O2S. The number of fused-ring (bicyclic) bond motifs is 1.